The molecule has 0 aliphatic carbocycles. The summed E-state index contributed by atoms with van der Waals surface area (Å²) in [6.07, 6.45) is 0. The molecule has 1 aromatic rings. The molecule has 0 saturated heterocycles. The molecule has 0 amide bonds. The van der Waals surface area contributed by atoms with Gasteiger partial charge in [-0.2, -0.15) is 4.31 Å². The van der Waals surface area contributed by atoms with Gasteiger partial charge >= 0.3 is 0 Å². The van der Waals surface area contributed by atoms with E-state index >= 15 is 0 Å². The number of nitrogens with one attached hydrogen (secondary N) is 1. The summed E-state index contributed by atoms with van der Waals surface area (Å²) in [4.78, 5) is 0. The summed E-state index contributed by atoms with van der Waals surface area (Å²) in [6, 6.07) is 3.19. The van der Waals surface area contributed by atoms with Crippen LogP contribution in [0.4, 0.5) is 0 Å². The molecule has 0 saturated carbocycles. The molecule has 1 rings (SSSR count). The van der Waals surface area contributed by atoms with Gasteiger partial charge in [0, 0.05) is 13.6 Å². The van der Waals surface area contributed by atoms with Crippen LogP contribution in [0.15, 0.2) is 33.8 Å². The zero-order valence-corrected chi connectivity index (χ0v) is 13.5. The number of likely N-dealkylation sites (N-methyl/N-ethyl adjacent to an activating group) is 1. The highest BCUT2D eigenvalue weighted by Crippen LogP contribution is 2.18. The number of rotatable bonds is 8. The summed E-state index contributed by atoms with van der Waals surface area (Å²) in [6.45, 7) is 11.4. The van der Waals surface area contributed by atoms with E-state index in [9.17, 15) is 8.42 Å². The molecule has 0 aromatic carbocycles. The standard InChI is InChI=1S/C14H24N2O3S/c1-11(2)8-15-9-13-6-7-14(19-13)20(17,18)16(5)10-12(3)4/h6-7,11,15H,3,8-10H2,1-2,4-5H3. The summed E-state index contributed by atoms with van der Waals surface area (Å²) >= 11 is 0. The Labute approximate surface area is 121 Å². The molecule has 0 aliphatic heterocycles. The van der Waals surface area contributed by atoms with Crippen molar-refractivity contribution in [3.8, 4) is 0 Å². The van der Waals surface area contributed by atoms with E-state index in [4.69, 9.17) is 4.42 Å². The normalized spacial score (nSPS) is 12.3. The maximum absolute atomic E-state index is 12.2. The fourth-order valence-corrected chi connectivity index (χ4v) is 2.84. The van der Waals surface area contributed by atoms with Gasteiger partial charge in [0.1, 0.15) is 5.76 Å². The minimum Gasteiger partial charge on any atom is -0.447 e. The van der Waals surface area contributed by atoms with E-state index in [1.165, 1.54) is 17.4 Å². The van der Waals surface area contributed by atoms with Gasteiger partial charge in [0.15, 0.2) is 0 Å². The minimum absolute atomic E-state index is 0.0254. The van der Waals surface area contributed by atoms with Crippen molar-refractivity contribution in [2.45, 2.75) is 32.4 Å². The molecule has 0 unspecified atom stereocenters. The van der Waals surface area contributed by atoms with Gasteiger partial charge < -0.3 is 9.73 Å². The molecule has 0 bridgehead atoms. The Kier molecular flexibility index (Phi) is 5.98. The zero-order chi connectivity index (χ0) is 15.3. The number of hydrogen-bond acceptors (Lipinski definition) is 4. The molecule has 5 nitrogen and oxygen atoms in total. The van der Waals surface area contributed by atoms with Gasteiger partial charge in [-0.25, -0.2) is 8.42 Å². The highest BCUT2D eigenvalue weighted by atomic mass is 32.2. The molecule has 0 aliphatic rings. The zero-order valence-electron chi connectivity index (χ0n) is 12.6. The van der Waals surface area contributed by atoms with Gasteiger partial charge in [0.2, 0.25) is 5.09 Å². The monoisotopic (exact) mass is 300 g/mol. The van der Waals surface area contributed by atoms with E-state index in [0.717, 1.165) is 12.1 Å². The van der Waals surface area contributed by atoms with E-state index in [1.54, 1.807) is 13.0 Å². The van der Waals surface area contributed by atoms with Gasteiger partial charge in [0.05, 0.1) is 6.54 Å². The second kappa shape index (κ2) is 7.06. The lowest BCUT2D eigenvalue weighted by Crippen LogP contribution is -2.28. The Hall–Kier alpha value is -1.11. The third-order valence-corrected chi connectivity index (χ3v) is 4.32. The van der Waals surface area contributed by atoms with Gasteiger partial charge in [-0.1, -0.05) is 26.0 Å². The molecule has 1 aromatic heterocycles. The number of furan rings is 1. The van der Waals surface area contributed by atoms with E-state index in [1.807, 2.05) is 0 Å². The van der Waals surface area contributed by atoms with Gasteiger partial charge in [-0.05, 0) is 31.5 Å². The van der Waals surface area contributed by atoms with E-state index in [2.05, 4.69) is 25.7 Å². The lowest BCUT2D eigenvalue weighted by atomic mass is 10.2. The predicted octanol–water partition coefficient (Wildman–Crippen LogP) is 2.22. The topological polar surface area (TPSA) is 62.6 Å². The fraction of sp³-hybridized carbons (Fsp3) is 0.571. The Bertz CT molecular complexity index is 547. The molecular weight excluding hydrogens is 276 g/mol. The molecule has 1 N–H and O–H groups in total. The van der Waals surface area contributed by atoms with Crippen LogP contribution in [0.3, 0.4) is 0 Å². The maximum Gasteiger partial charge on any atom is 0.276 e. The largest absolute Gasteiger partial charge is 0.447 e. The lowest BCUT2D eigenvalue weighted by Gasteiger charge is -2.15. The predicted molar refractivity (Wildman–Crippen MR) is 79.9 cm³/mol. The first-order valence-corrected chi connectivity index (χ1v) is 8.07. The molecular formula is C14H24N2O3S. The third kappa shape index (κ3) is 4.77. The maximum atomic E-state index is 12.2. The minimum atomic E-state index is -3.58. The van der Waals surface area contributed by atoms with E-state index in [-0.39, 0.29) is 11.6 Å². The van der Waals surface area contributed by atoms with E-state index < -0.39 is 10.0 Å². The molecule has 20 heavy (non-hydrogen) atoms. The van der Waals surface area contributed by atoms with Crippen molar-refractivity contribution in [1.82, 2.24) is 9.62 Å². The Morgan fingerprint density at radius 1 is 1.45 bits per heavy atom. The molecule has 0 atom stereocenters. The van der Waals surface area contributed by atoms with Crippen molar-refractivity contribution < 1.29 is 12.8 Å². The van der Waals surface area contributed by atoms with Crippen LogP contribution in [0.1, 0.15) is 26.5 Å². The van der Waals surface area contributed by atoms with Crippen LogP contribution in [0, 0.1) is 5.92 Å². The van der Waals surface area contributed by atoms with Gasteiger partial charge in [-0.15, -0.1) is 0 Å². The molecule has 0 fully saturated rings. The van der Waals surface area contributed by atoms with Crippen molar-refractivity contribution in [1.29, 1.82) is 0 Å². The quantitative estimate of drug-likeness (QED) is 0.748. The van der Waals surface area contributed by atoms with Crippen LogP contribution < -0.4 is 5.32 Å². The second-order valence-corrected chi connectivity index (χ2v) is 7.44. The van der Waals surface area contributed by atoms with Crippen LogP contribution in [-0.2, 0) is 16.6 Å². The van der Waals surface area contributed by atoms with Crippen molar-refractivity contribution >= 4 is 10.0 Å². The number of sulfonamides is 1. The van der Waals surface area contributed by atoms with Crippen LogP contribution in [0.25, 0.3) is 0 Å². The molecule has 114 valence electrons. The molecule has 6 heteroatoms. The van der Waals surface area contributed by atoms with Gasteiger partial charge in [0.25, 0.3) is 10.0 Å². The molecule has 1 heterocycles. The summed E-state index contributed by atoms with van der Waals surface area (Å²) in [5.74, 6) is 1.16. The lowest BCUT2D eigenvalue weighted by molar-refractivity contribution is 0.381. The summed E-state index contributed by atoms with van der Waals surface area (Å²) < 4.78 is 31.1. The average Bonchev–Trinajstić information content (AvgIpc) is 2.76. The van der Waals surface area contributed by atoms with E-state index in [0.29, 0.717) is 18.2 Å². The molecule has 0 spiro atoms. The SMILES string of the molecule is C=C(C)CN(C)S(=O)(=O)c1ccc(CNCC(C)C)o1. The Balaban J connectivity index is 2.72. The Morgan fingerprint density at radius 3 is 2.65 bits per heavy atom. The fourth-order valence-electron chi connectivity index (χ4n) is 1.69. The first-order chi connectivity index (χ1) is 9.23. The van der Waals surface area contributed by atoms with Crippen molar-refractivity contribution in [3.05, 3.63) is 30.0 Å². The summed E-state index contributed by atoms with van der Waals surface area (Å²) in [5.41, 5.74) is 0.779. The van der Waals surface area contributed by atoms with Crippen LogP contribution in [0.5, 0.6) is 0 Å². The smallest absolute Gasteiger partial charge is 0.276 e. The van der Waals surface area contributed by atoms with Gasteiger partial charge in [-0.3, -0.25) is 0 Å². The highest BCUT2D eigenvalue weighted by molar-refractivity contribution is 7.89. The van der Waals surface area contributed by atoms with Crippen LogP contribution >= 0.6 is 0 Å². The Morgan fingerprint density at radius 2 is 2.10 bits per heavy atom. The van der Waals surface area contributed by atoms with Crippen molar-refractivity contribution in [2.75, 3.05) is 20.1 Å². The van der Waals surface area contributed by atoms with Crippen LogP contribution in [-0.4, -0.2) is 32.9 Å². The third-order valence-electron chi connectivity index (χ3n) is 2.65. The number of nitrogens with zero attached hydrogens (tertiary/aromatic N) is 1. The number of hydrogen-bond donors (Lipinski definition) is 1. The van der Waals surface area contributed by atoms with Crippen LogP contribution in [0.2, 0.25) is 0 Å². The van der Waals surface area contributed by atoms with Crippen molar-refractivity contribution in [3.63, 3.8) is 0 Å². The van der Waals surface area contributed by atoms with Crippen molar-refractivity contribution in [2.24, 2.45) is 5.92 Å². The highest BCUT2D eigenvalue weighted by Gasteiger charge is 2.24. The summed E-state index contributed by atoms with van der Waals surface area (Å²) in [7, 11) is -2.06. The first kappa shape index (κ1) is 16.9. The first-order valence-electron chi connectivity index (χ1n) is 6.63. The molecule has 0 radical (unpaired) electrons. The average molecular weight is 300 g/mol. The summed E-state index contributed by atoms with van der Waals surface area (Å²) in [5, 5.41) is 3.19. The second-order valence-electron chi connectivity index (χ2n) is 5.46.